The topological polar surface area (TPSA) is 72.8 Å². The number of benzene rings is 3. The number of nitrogens with one attached hydrogen (secondary N) is 1. The van der Waals surface area contributed by atoms with Gasteiger partial charge in [0.1, 0.15) is 6.61 Å². The molecule has 0 aliphatic carbocycles. The molecule has 0 spiro atoms. The number of hydrogen-bond donors (Lipinski definition) is 1. The van der Waals surface area contributed by atoms with Crippen molar-refractivity contribution < 1.29 is 14.3 Å². The number of amides is 1. The third-order valence-electron chi connectivity index (χ3n) is 4.78. The molecule has 4 aromatic rings. The molecule has 9 heteroatoms. The summed E-state index contributed by atoms with van der Waals surface area (Å²) in [5.41, 5.74) is 6.23. The van der Waals surface area contributed by atoms with Crippen LogP contribution in [0.3, 0.4) is 0 Å². The number of ether oxygens (including phenoxy) is 2. The first-order valence-electron chi connectivity index (χ1n) is 10.6. The van der Waals surface area contributed by atoms with Gasteiger partial charge in [-0.15, -0.1) is 11.3 Å². The summed E-state index contributed by atoms with van der Waals surface area (Å²) in [6.45, 7) is 0.443. The molecule has 0 aliphatic rings. The zero-order valence-corrected chi connectivity index (χ0v) is 21.2. The van der Waals surface area contributed by atoms with Crippen LogP contribution in [0.1, 0.15) is 11.1 Å². The molecule has 1 heterocycles. The van der Waals surface area contributed by atoms with Crippen molar-refractivity contribution in [1.29, 1.82) is 0 Å². The second kappa shape index (κ2) is 12.4. The monoisotopic (exact) mass is 523 g/mol. The number of methoxy groups -OCH3 is 1. The van der Waals surface area contributed by atoms with Gasteiger partial charge in [0.25, 0.3) is 5.91 Å². The summed E-state index contributed by atoms with van der Waals surface area (Å²) in [5.74, 6) is 1.21. The first-order valence-corrected chi connectivity index (χ1v) is 12.9. The largest absolute Gasteiger partial charge is 0.493 e. The fourth-order valence-electron chi connectivity index (χ4n) is 3.03. The number of hydrogen-bond acceptors (Lipinski definition) is 7. The minimum atomic E-state index is -0.218. The quantitative estimate of drug-likeness (QED) is 0.150. The van der Waals surface area contributed by atoms with Gasteiger partial charge in [-0.05, 0) is 41.5 Å². The summed E-state index contributed by atoms with van der Waals surface area (Å²) in [7, 11) is 1.58. The lowest BCUT2D eigenvalue weighted by atomic mass is 10.2. The zero-order chi connectivity index (χ0) is 24.5. The van der Waals surface area contributed by atoms with Crippen molar-refractivity contribution in [1.82, 2.24) is 10.4 Å². The van der Waals surface area contributed by atoms with E-state index in [1.807, 2.05) is 72.1 Å². The Kier molecular flexibility index (Phi) is 8.78. The van der Waals surface area contributed by atoms with Crippen molar-refractivity contribution in [3.05, 3.63) is 94.3 Å². The van der Waals surface area contributed by atoms with E-state index in [2.05, 4.69) is 15.5 Å². The second-order valence-electron chi connectivity index (χ2n) is 7.27. The summed E-state index contributed by atoms with van der Waals surface area (Å²) in [6, 6.07) is 22.9. The number of hydrazone groups is 1. The molecule has 0 fully saturated rings. The molecule has 0 atom stereocenters. The third kappa shape index (κ3) is 7.32. The molecule has 1 N–H and O–H groups in total. The van der Waals surface area contributed by atoms with E-state index in [1.54, 1.807) is 19.4 Å². The molecular formula is C26H22ClN3O3S2. The van der Waals surface area contributed by atoms with Crippen molar-refractivity contribution in [3.63, 3.8) is 0 Å². The average Bonchev–Trinajstić information content (AvgIpc) is 3.36. The van der Waals surface area contributed by atoms with E-state index in [0.29, 0.717) is 23.1 Å². The van der Waals surface area contributed by atoms with Crippen LogP contribution in [-0.4, -0.2) is 30.0 Å². The molecule has 0 aliphatic heterocycles. The van der Waals surface area contributed by atoms with Gasteiger partial charge < -0.3 is 9.47 Å². The third-order valence-corrected chi connectivity index (χ3v) is 7.05. The maximum atomic E-state index is 12.2. The number of carbonyl (C=O) groups is 1. The number of thioether (sulfide) groups is 1. The maximum absolute atomic E-state index is 12.2. The van der Waals surface area contributed by atoms with Gasteiger partial charge in [0.05, 0.1) is 24.8 Å². The van der Waals surface area contributed by atoms with E-state index in [1.165, 1.54) is 23.1 Å². The van der Waals surface area contributed by atoms with E-state index in [4.69, 9.17) is 21.1 Å². The number of halogens is 1. The van der Waals surface area contributed by atoms with Gasteiger partial charge in [-0.3, -0.25) is 4.79 Å². The predicted octanol–water partition coefficient (Wildman–Crippen LogP) is 6.29. The van der Waals surface area contributed by atoms with Crippen molar-refractivity contribution >= 4 is 46.8 Å². The van der Waals surface area contributed by atoms with Crippen LogP contribution in [0.15, 0.2) is 87.6 Å². The van der Waals surface area contributed by atoms with Crippen molar-refractivity contribution in [3.8, 4) is 22.8 Å². The van der Waals surface area contributed by atoms with Crippen LogP contribution in [0.4, 0.5) is 0 Å². The summed E-state index contributed by atoms with van der Waals surface area (Å²) >= 11 is 8.79. The van der Waals surface area contributed by atoms with Gasteiger partial charge in [0.15, 0.2) is 15.8 Å². The molecule has 0 saturated carbocycles. The standard InChI is InChI=1S/C26H22ClN3O3S2/c1-32-24-13-19(7-12-23(24)33-15-18-5-3-2-4-6-18)14-28-30-25(31)17-35-26-29-22(16-34-26)20-8-10-21(27)11-9-20/h2-14,16H,15,17H2,1H3,(H,30,31)/b28-14+. The first kappa shape index (κ1) is 24.8. The Bertz CT molecular complexity index is 1290. The molecule has 178 valence electrons. The molecule has 3 aromatic carbocycles. The number of nitrogens with zero attached hydrogens (tertiary/aromatic N) is 2. The van der Waals surface area contributed by atoms with E-state index < -0.39 is 0 Å². The average molecular weight is 524 g/mol. The van der Waals surface area contributed by atoms with Crippen LogP contribution in [0.5, 0.6) is 11.5 Å². The molecule has 1 amide bonds. The van der Waals surface area contributed by atoms with Crippen LogP contribution < -0.4 is 14.9 Å². The van der Waals surface area contributed by atoms with E-state index >= 15 is 0 Å². The van der Waals surface area contributed by atoms with Gasteiger partial charge in [0, 0.05) is 16.0 Å². The Balaban J connectivity index is 1.26. The summed E-state index contributed by atoms with van der Waals surface area (Å²) in [6.07, 6.45) is 1.56. The van der Waals surface area contributed by atoms with Crippen LogP contribution >= 0.6 is 34.7 Å². The Hall–Kier alpha value is -3.33. The summed E-state index contributed by atoms with van der Waals surface area (Å²) < 4.78 is 12.1. The van der Waals surface area contributed by atoms with Crippen molar-refractivity contribution in [2.45, 2.75) is 10.9 Å². The molecule has 0 saturated heterocycles. The van der Waals surface area contributed by atoms with E-state index in [0.717, 1.165) is 26.7 Å². The highest BCUT2D eigenvalue weighted by atomic mass is 35.5. The maximum Gasteiger partial charge on any atom is 0.250 e. The molecule has 0 unspecified atom stereocenters. The normalized spacial score (nSPS) is 10.9. The zero-order valence-electron chi connectivity index (χ0n) is 18.8. The Labute approximate surface area is 217 Å². The molecule has 0 radical (unpaired) electrons. The molecule has 0 bridgehead atoms. The van der Waals surface area contributed by atoms with Gasteiger partial charge in [-0.2, -0.15) is 5.10 Å². The predicted molar refractivity (Wildman–Crippen MR) is 143 cm³/mol. The summed E-state index contributed by atoms with van der Waals surface area (Å²) in [4.78, 5) is 16.8. The number of rotatable bonds is 10. The highest BCUT2D eigenvalue weighted by molar-refractivity contribution is 8.01. The Morgan fingerprint density at radius 2 is 1.91 bits per heavy atom. The minimum Gasteiger partial charge on any atom is -0.493 e. The first-order chi connectivity index (χ1) is 17.1. The molecule has 4 rings (SSSR count). The lowest BCUT2D eigenvalue weighted by Crippen LogP contribution is -2.19. The van der Waals surface area contributed by atoms with Gasteiger partial charge >= 0.3 is 0 Å². The van der Waals surface area contributed by atoms with Gasteiger partial charge in [-0.1, -0.05) is 65.8 Å². The van der Waals surface area contributed by atoms with Crippen LogP contribution in [-0.2, 0) is 11.4 Å². The highest BCUT2D eigenvalue weighted by Crippen LogP contribution is 2.29. The molecule has 1 aromatic heterocycles. The van der Waals surface area contributed by atoms with Crippen LogP contribution in [0.2, 0.25) is 5.02 Å². The fourth-order valence-corrected chi connectivity index (χ4v) is 4.79. The molecule has 6 nitrogen and oxygen atoms in total. The number of thiazole rings is 1. The molecule has 35 heavy (non-hydrogen) atoms. The van der Waals surface area contributed by atoms with Gasteiger partial charge in [-0.25, -0.2) is 10.4 Å². The van der Waals surface area contributed by atoms with Gasteiger partial charge in [0.2, 0.25) is 0 Å². The molecular weight excluding hydrogens is 502 g/mol. The van der Waals surface area contributed by atoms with Crippen LogP contribution in [0.25, 0.3) is 11.3 Å². The number of carbonyl (C=O) groups excluding carboxylic acids is 1. The van der Waals surface area contributed by atoms with Crippen molar-refractivity contribution in [2.75, 3.05) is 12.9 Å². The van der Waals surface area contributed by atoms with Crippen LogP contribution in [0, 0.1) is 0 Å². The highest BCUT2D eigenvalue weighted by Gasteiger charge is 2.09. The second-order valence-corrected chi connectivity index (χ2v) is 9.79. The minimum absolute atomic E-state index is 0.209. The lowest BCUT2D eigenvalue weighted by molar-refractivity contribution is -0.118. The summed E-state index contributed by atoms with van der Waals surface area (Å²) in [5, 5.41) is 6.69. The smallest absolute Gasteiger partial charge is 0.250 e. The Morgan fingerprint density at radius 3 is 2.69 bits per heavy atom. The Morgan fingerprint density at radius 1 is 1.11 bits per heavy atom. The number of aromatic nitrogens is 1. The SMILES string of the molecule is COc1cc(/C=N/NC(=O)CSc2nc(-c3ccc(Cl)cc3)cs2)ccc1OCc1ccccc1. The lowest BCUT2D eigenvalue weighted by Gasteiger charge is -2.11. The van der Waals surface area contributed by atoms with E-state index in [-0.39, 0.29) is 11.7 Å². The van der Waals surface area contributed by atoms with Crippen molar-refractivity contribution in [2.24, 2.45) is 5.10 Å². The van der Waals surface area contributed by atoms with E-state index in [9.17, 15) is 4.79 Å². The fraction of sp³-hybridized carbons (Fsp3) is 0.115.